The summed E-state index contributed by atoms with van der Waals surface area (Å²) in [5, 5.41) is 0. The summed E-state index contributed by atoms with van der Waals surface area (Å²) >= 11 is 0. The van der Waals surface area contributed by atoms with Gasteiger partial charge >= 0.3 is 0 Å². The smallest absolute Gasteiger partial charge is 0.127 e. The molecule has 0 spiro atoms. The normalized spacial score (nSPS) is 11.6. The summed E-state index contributed by atoms with van der Waals surface area (Å²) in [6, 6.07) is 7.98. The van der Waals surface area contributed by atoms with Gasteiger partial charge in [-0.2, -0.15) is 0 Å². The van der Waals surface area contributed by atoms with E-state index in [1.807, 2.05) is 50.3 Å². The Kier molecular flexibility index (Phi) is 4.59. The lowest BCUT2D eigenvalue weighted by Crippen LogP contribution is -1.96. The van der Waals surface area contributed by atoms with E-state index in [0.717, 1.165) is 22.5 Å². The van der Waals surface area contributed by atoms with Crippen LogP contribution in [-0.4, -0.2) is 6.61 Å². The van der Waals surface area contributed by atoms with Gasteiger partial charge in [0.15, 0.2) is 0 Å². The molecule has 1 aromatic rings. The second-order valence-electron chi connectivity index (χ2n) is 3.43. The van der Waals surface area contributed by atoms with Crippen molar-refractivity contribution in [1.29, 1.82) is 0 Å². The fourth-order valence-electron chi connectivity index (χ4n) is 1.56. The molecule has 0 amide bonds. The Labute approximate surface area is 97.8 Å². The number of allylic oxidation sites excluding steroid dienone is 4. The van der Waals surface area contributed by atoms with E-state index in [0.29, 0.717) is 6.61 Å². The van der Waals surface area contributed by atoms with E-state index in [1.54, 1.807) is 0 Å². The van der Waals surface area contributed by atoms with E-state index >= 15 is 0 Å². The van der Waals surface area contributed by atoms with Crippen LogP contribution in [0.4, 0.5) is 0 Å². The van der Waals surface area contributed by atoms with E-state index in [2.05, 4.69) is 13.2 Å². The van der Waals surface area contributed by atoms with Gasteiger partial charge in [0.25, 0.3) is 0 Å². The molecule has 0 N–H and O–H groups in total. The summed E-state index contributed by atoms with van der Waals surface area (Å²) in [7, 11) is 0. The summed E-state index contributed by atoms with van der Waals surface area (Å²) in [6.45, 7) is 12.3. The van der Waals surface area contributed by atoms with Crippen molar-refractivity contribution in [3.05, 3.63) is 60.7 Å². The Hall–Kier alpha value is -1.76. The highest BCUT2D eigenvalue weighted by Crippen LogP contribution is 2.29. The molecule has 1 rings (SSSR count). The Morgan fingerprint density at radius 2 is 1.94 bits per heavy atom. The standard InChI is InChI=1S/C15H18O/c1-5-12(4)13(6-2)14-10-8-9-11-15(14)16-7-3/h5-6,8-11H,1-2,7H2,3-4H3/b13-12+. The van der Waals surface area contributed by atoms with E-state index in [9.17, 15) is 0 Å². The SMILES string of the molecule is C=C/C(C)=C(\C=C)c1ccccc1OCC. The van der Waals surface area contributed by atoms with Crippen molar-refractivity contribution < 1.29 is 4.74 Å². The number of rotatable bonds is 5. The van der Waals surface area contributed by atoms with Crippen LogP contribution in [-0.2, 0) is 0 Å². The van der Waals surface area contributed by atoms with Gasteiger partial charge in [-0.3, -0.25) is 0 Å². The zero-order chi connectivity index (χ0) is 12.0. The first-order chi connectivity index (χ1) is 7.74. The van der Waals surface area contributed by atoms with Crippen molar-refractivity contribution >= 4 is 5.57 Å². The van der Waals surface area contributed by atoms with Crippen LogP contribution in [0, 0.1) is 0 Å². The number of ether oxygens (including phenoxy) is 1. The van der Waals surface area contributed by atoms with Crippen LogP contribution in [0.1, 0.15) is 19.4 Å². The second-order valence-corrected chi connectivity index (χ2v) is 3.43. The lowest BCUT2D eigenvalue weighted by Gasteiger charge is -2.12. The topological polar surface area (TPSA) is 9.23 Å². The van der Waals surface area contributed by atoms with Crippen LogP contribution in [0.2, 0.25) is 0 Å². The maximum Gasteiger partial charge on any atom is 0.127 e. The molecule has 84 valence electrons. The molecular formula is C15H18O. The fourth-order valence-corrected chi connectivity index (χ4v) is 1.56. The minimum Gasteiger partial charge on any atom is -0.493 e. The molecule has 0 saturated carbocycles. The van der Waals surface area contributed by atoms with Crippen molar-refractivity contribution in [2.45, 2.75) is 13.8 Å². The van der Waals surface area contributed by atoms with Crippen molar-refractivity contribution in [3.63, 3.8) is 0 Å². The average molecular weight is 214 g/mol. The first-order valence-corrected chi connectivity index (χ1v) is 5.42. The van der Waals surface area contributed by atoms with E-state index in [4.69, 9.17) is 4.74 Å². The summed E-state index contributed by atoms with van der Waals surface area (Å²) in [6.07, 6.45) is 3.68. The molecule has 16 heavy (non-hydrogen) atoms. The van der Waals surface area contributed by atoms with Crippen molar-refractivity contribution in [2.75, 3.05) is 6.61 Å². The molecule has 0 atom stereocenters. The Morgan fingerprint density at radius 1 is 1.25 bits per heavy atom. The molecule has 0 fully saturated rings. The molecule has 0 saturated heterocycles. The highest BCUT2D eigenvalue weighted by molar-refractivity contribution is 5.80. The number of hydrogen-bond donors (Lipinski definition) is 0. The Balaban J connectivity index is 3.30. The summed E-state index contributed by atoms with van der Waals surface area (Å²) in [4.78, 5) is 0. The molecule has 1 nitrogen and oxygen atoms in total. The van der Waals surface area contributed by atoms with E-state index < -0.39 is 0 Å². The van der Waals surface area contributed by atoms with Crippen molar-refractivity contribution in [2.24, 2.45) is 0 Å². The molecule has 0 radical (unpaired) electrons. The lowest BCUT2D eigenvalue weighted by atomic mass is 10.00. The van der Waals surface area contributed by atoms with Crippen LogP contribution in [0.3, 0.4) is 0 Å². The molecule has 0 aliphatic heterocycles. The maximum atomic E-state index is 5.60. The number of benzene rings is 1. The molecule has 0 heterocycles. The van der Waals surface area contributed by atoms with Gasteiger partial charge in [0.05, 0.1) is 6.61 Å². The Morgan fingerprint density at radius 3 is 2.50 bits per heavy atom. The third kappa shape index (κ3) is 2.63. The molecule has 0 aromatic heterocycles. The van der Waals surface area contributed by atoms with Crippen molar-refractivity contribution in [1.82, 2.24) is 0 Å². The first-order valence-electron chi connectivity index (χ1n) is 5.42. The third-order valence-corrected chi connectivity index (χ3v) is 2.41. The number of para-hydroxylation sites is 1. The minimum atomic E-state index is 0.661. The van der Waals surface area contributed by atoms with Gasteiger partial charge in [-0.1, -0.05) is 43.5 Å². The quantitative estimate of drug-likeness (QED) is 0.666. The fraction of sp³-hybridized carbons (Fsp3) is 0.200. The highest BCUT2D eigenvalue weighted by atomic mass is 16.5. The van der Waals surface area contributed by atoms with Crippen LogP contribution < -0.4 is 4.74 Å². The molecule has 1 aromatic carbocycles. The van der Waals surface area contributed by atoms with Crippen LogP contribution >= 0.6 is 0 Å². The van der Waals surface area contributed by atoms with E-state index in [-0.39, 0.29) is 0 Å². The molecule has 0 aliphatic rings. The van der Waals surface area contributed by atoms with Crippen molar-refractivity contribution in [3.8, 4) is 5.75 Å². The van der Waals surface area contributed by atoms with E-state index in [1.165, 1.54) is 0 Å². The zero-order valence-corrected chi connectivity index (χ0v) is 9.99. The monoisotopic (exact) mass is 214 g/mol. The summed E-state index contributed by atoms with van der Waals surface area (Å²) < 4.78 is 5.60. The predicted octanol–water partition coefficient (Wildman–Crippen LogP) is 4.23. The highest BCUT2D eigenvalue weighted by Gasteiger charge is 2.06. The van der Waals surface area contributed by atoms with Crippen LogP contribution in [0.25, 0.3) is 5.57 Å². The average Bonchev–Trinajstić information content (AvgIpc) is 2.32. The van der Waals surface area contributed by atoms with Crippen LogP contribution in [0.15, 0.2) is 55.1 Å². The van der Waals surface area contributed by atoms with Crippen LogP contribution in [0.5, 0.6) is 5.75 Å². The third-order valence-electron chi connectivity index (χ3n) is 2.41. The maximum absolute atomic E-state index is 5.60. The van der Waals surface area contributed by atoms with Gasteiger partial charge in [-0.05, 0) is 31.1 Å². The molecular weight excluding hydrogens is 196 g/mol. The second kappa shape index (κ2) is 5.96. The molecule has 0 unspecified atom stereocenters. The summed E-state index contributed by atoms with van der Waals surface area (Å²) in [5.74, 6) is 0.890. The molecule has 0 aliphatic carbocycles. The largest absolute Gasteiger partial charge is 0.493 e. The van der Waals surface area contributed by atoms with Gasteiger partial charge in [0.2, 0.25) is 0 Å². The van der Waals surface area contributed by atoms with Gasteiger partial charge in [-0.15, -0.1) is 0 Å². The summed E-state index contributed by atoms with van der Waals surface area (Å²) in [5.41, 5.74) is 3.23. The van der Waals surface area contributed by atoms with Gasteiger partial charge < -0.3 is 4.74 Å². The minimum absolute atomic E-state index is 0.661. The zero-order valence-electron chi connectivity index (χ0n) is 9.99. The predicted molar refractivity (Wildman–Crippen MR) is 70.6 cm³/mol. The Bertz CT molecular complexity index is 413. The molecule has 1 heteroatoms. The van der Waals surface area contributed by atoms with Gasteiger partial charge in [0.1, 0.15) is 5.75 Å². The van der Waals surface area contributed by atoms with Gasteiger partial charge in [0, 0.05) is 5.56 Å². The molecule has 0 bridgehead atoms. The van der Waals surface area contributed by atoms with Gasteiger partial charge in [-0.25, -0.2) is 0 Å². The lowest BCUT2D eigenvalue weighted by molar-refractivity contribution is 0.339. The number of hydrogen-bond acceptors (Lipinski definition) is 1. The first kappa shape index (κ1) is 12.3.